The lowest BCUT2D eigenvalue weighted by Gasteiger charge is -2.08. The van der Waals surface area contributed by atoms with Crippen molar-refractivity contribution in [3.05, 3.63) is 52.2 Å². The Hall–Kier alpha value is -2.36. The van der Waals surface area contributed by atoms with Gasteiger partial charge in [0.2, 0.25) is 0 Å². The lowest BCUT2D eigenvalue weighted by molar-refractivity contribution is 0.754. The molecule has 0 fully saturated rings. The fourth-order valence-corrected chi connectivity index (χ4v) is 2.94. The van der Waals surface area contributed by atoms with Crippen molar-refractivity contribution in [2.75, 3.05) is 0 Å². The normalized spacial score (nSPS) is 11.2. The average molecular weight is 267 g/mol. The maximum atomic E-state index is 11.7. The van der Waals surface area contributed by atoms with Gasteiger partial charge in [-0.15, -0.1) is 0 Å². The summed E-state index contributed by atoms with van der Waals surface area (Å²) in [6.45, 7) is 6.93. The molecule has 0 saturated heterocycles. The predicted octanol–water partition coefficient (Wildman–Crippen LogP) is 3.03. The van der Waals surface area contributed by atoms with E-state index in [-0.39, 0.29) is 5.69 Å². The first-order chi connectivity index (χ1) is 9.63. The largest absolute Gasteiger partial charge is 0.345 e. The molecule has 3 aromatic rings. The van der Waals surface area contributed by atoms with E-state index in [1.165, 1.54) is 0 Å². The van der Waals surface area contributed by atoms with Gasteiger partial charge in [0.05, 0.1) is 16.9 Å². The standard InChI is InChI=1S/C16H17N3O/c1-4-19-11(3)13-10(2)17-16(20)18-14(13)15(19)12-8-6-5-7-9-12/h5-9H,4H2,1-3H3,(H,18,20). The van der Waals surface area contributed by atoms with E-state index in [2.05, 4.69) is 40.5 Å². The SMILES string of the molecule is CCn1c(-c2ccccc2)c2[nH]c(=O)nc(C)c2c1C. The fraction of sp³-hybridized carbons (Fsp3) is 0.250. The molecular formula is C16H17N3O. The molecule has 0 aliphatic carbocycles. The second-order valence-corrected chi connectivity index (χ2v) is 4.92. The molecule has 0 bridgehead atoms. The minimum absolute atomic E-state index is 0.291. The van der Waals surface area contributed by atoms with Crippen LogP contribution < -0.4 is 5.69 Å². The monoisotopic (exact) mass is 267 g/mol. The molecule has 0 saturated carbocycles. The summed E-state index contributed by atoms with van der Waals surface area (Å²) in [5, 5.41) is 1.05. The van der Waals surface area contributed by atoms with Gasteiger partial charge in [0.25, 0.3) is 0 Å². The Morgan fingerprint density at radius 1 is 1.20 bits per heavy atom. The summed E-state index contributed by atoms with van der Waals surface area (Å²) in [5.74, 6) is 0. The van der Waals surface area contributed by atoms with E-state index >= 15 is 0 Å². The lowest BCUT2D eigenvalue weighted by atomic mass is 10.1. The number of aromatic amines is 1. The second kappa shape index (κ2) is 4.63. The second-order valence-electron chi connectivity index (χ2n) is 4.92. The number of aromatic nitrogens is 3. The van der Waals surface area contributed by atoms with Crippen LogP contribution in [0.3, 0.4) is 0 Å². The van der Waals surface area contributed by atoms with Gasteiger partial charge in [-0.2, -0.15) is 4.98 Å². The minimum Gasteiger partial charge on any atom is -0.343 e. The highest BCUT2D eigenvalue weighted by molar-refractivity contribution is 5.96. The Morgan fingerprint density at radius 2 is 1.90 bits per heavy atom. The third-order valence-electron chi connectivity index (χ3n) is 3.75. The summed E-state index contributed by atoms with van der Waals surface area (Å²) in [6.07, 6.45) is 0. The zero-order chi connectivity index (χ0) is 14.3. The number of benzene rings is 1. The fourth-order valence-electron chi connectivity index (χ4n) is 2.94. The van der Waals surface area contributed by atoms with Crippen molar-refractivity contribution in [2.45, 2.75) is 27.3 Å². The van der Waals surface area contributed by atoms with E-state index in [0.717, 1.165) is 40.1 Å². The molecule has 0 aliphatic rings. The van der Waals surface area contributed by atoms with Crippen LogP contribution in [0.25, 0.3) is 22.2 Å². The molecule has 4 nitrogen and oxygen atoms in total. The molecule has 0 aliphatic heterocycles. The highest BCUT2D eigenvalue weighted by Crippen LogP contribution is 2.32. The van der Waals surface area contributed by atoms with Crippen molar-refractivity contribution in [3.63, 3.8) is 0 Å². The maximum Gasteiger partial charge on any atom is 0.345 e. The maximum absolute atomic E-state index is 11.7. The van der Waals surface area contributed by atoms with Crippen LogP contribution in [0.4, 0.5) is 0 Å². The summed E-state index contributed by atoms with van der Waals surface area (Å²) < 4.78 is 2.23. The van der Waals surface area contributed by atoms with Crippen molar-refractivity contribution in [2.24, 2.45) is 0 Å². The number of nitrogens with one attached hydrogen (secondary N) is 1. The number of rotatable bonds is 2. The molecule has 2 aromatic heterocycles. The van der Waals surface area contributed by atoms with Crippen molar-refractivity contribution in [1.29, 1.82) is 0 Å². The van der Waals surface area contributed by atoms with Crippen molar-refractivity contribution < 1.29 is 0 Å². The Kier molecular flexibility index (Phi) is 2.93. The van der Waals surface area contributed by atoms with Gasteiger partial charge in [0, 0.05) is 23.2 Å². The molecule has 1 N–H and O–H groups in total. The Labute approximate surface area is 117 Å². The van der Waals surface area contributed by atoms with Crippen LogP contribution in [-0.2, 0) is 6.54 Å². The highest BCUT2D eigenvalue weighted by atomic mass is 16.1. The molecule has 0 spiro atoms. The Bertz CT molecular complexity index is 828. The summed E-state index contributed by atoms with van der Waals surface area (Å²) in [4.78, 5) is 18.6. The summed E-state index contributed by atoms with van der Waals surface area (Å²) in [5.41, 5.74) is 4.68. The number of nitrogens with zero attached hydrogens (tertiary/aromatic N) is 2. The molecule has 4 heteroatoms. The Morgan fingerprint density at radius 3 is 2.55 bits per heavy atom. The molecule has 0 unspecified atom stereocenters. The van der Waals surface area contributed by atoms with Crippen LogP contribution in [-0.4, -0.2) is 14.5 Å². The molecule has 0 atom stereocenters. The van der Waals surface area contributed by atoms with Crippen LogP contribution in [0.2, 0.25) is 0 Å². The third kappa shape index (κ3) is 1.76. The number of aryl methyl sites for hydroxylation is 2. The van der Waals surface area contributed by atoms with E-state index < -0.39 is 0 Å². The number of H-pyrrole nitrogens is 1. The molecule has 0 radical (unpaired) electrons. The summed E-state index contributed by atoms with van der Waals surface area (Å²) in [7, 11) is 0. The first kappa shape index (κ1) is 12.7. The zero-order valence-electron chi connectivity index (χ0n) is 11.9. The number of fused-ring (bicyclic) bond motifs is 1. The van der Waals surface area contributed by atoms with Gasteiger partial charge in [0.1, 0.15) is 0 Å². The smallest absolute Gasteiger partial charge is 0.343 e. The van der Waals surface area contributed by atoms with Gasteiger partial charge >= 0.3 is 5.69 Å². The van der Waals surface area contributed by atoms with E-state index in [0.29, 0.717) is 0 Å². The first-order valence-electron chi connectivity index (χ1n) is 6.78. The predicted molar refractivity (Wildman–Crippen MR) is 80.9 cm³/mol. The van der Waals surface area contributed by atoms with Crippen LogP contribution >= 0.6 is 0 Å². The molecule has 102 valence electrons. The van der Waals surface area contributed by atoms with Gasteiger partial charge in [-0.05, 0) is 20.8 Å². The zero-order valence-corrected chi connectivity index (χ0v) is 11.9. The number of hydrogen-bond donors (Lipinski definition) is 1. The number of hydrogen-bond acceptors (Lipinski definition) is 2. The van der Waals surface area contributed by atoms with Crippen LogP contribution in [0, 0.1) is 13.8 Å². The summed E-state index contributed by atoms with van der Waals surface area (Å²) in [6, 6.07) is 10.1. The van der Waals surface area contributed by atoms with Crippen molar-refractivity contribution in [3.8, 4) is 11.3 Å². The van der Waals surface area contributed by atoms with Gasteiger partial charge in [-0.3, -0.25) is 0 Å². The van der Waals surface area contributed by atoms with Crippen LogP contribution in [0.1, 0.15) is 18.3 Å². The van der Waals surface area contributed by atoms with E-state index in [1.807, 2.05) is 25.1 Å². The summed E-state index contributed by atoms with van der Waals surface area (Å²) >= 11 is 0. The average Bonchev–Trinajstić information content (AvgIpc) is 2.72. The van der Waals surface area contributed by atoms with Crippen LogP contribution in [0.5, 0.6) is 0 Å². The van der Waals surface area contributed by atoms with Gasteiger partial charge in [-0.25, -0.2) is 4.79 Å². The molecular weight excluding hydrogens is 250 g/mol. The first-order valence-corrected chi connectivity index (χ1v) is 6.78. The van der Waals surface area contributed by atoms with Crippen molar-refractivity contribution in [1.82, 2.24) is 14.5 Å². The molecule has 0 amide bonds. The molecule has 20 heavy (non-hydrogen) atoms. The van der Waals surface area contributed by atoms with Gasteiger partial charge in [-0.1, -0.05) is 30.3 Å². The lowest BCUT2D eigenvalue weighted by Crippen LogP contribution is -2.11. The highest BCUT2D eigenvalue weighted by Gasteiger charge is 2.17. The van der Waals surface area contributed by atoms with E-state index in [9.17, 15) is 4.79 Å². The molecule has 3 rings (SSSR count). The van der Waals surface area contributed by atoms with Gasteiger partial charge < -0.3 is 9.55 Å². The Balaban J connectivity index is 2.50. The molecule has 2 heterocycles. The molecule has 1 aromatic carbocycles. The van der Waals surface area contributed by atoms with E-state index in [1.54, 1.807) is 0 Å². The van der Waals surface area contributed by atoms with Crippen molar-refractivity contribution >= 4 is 10.9 Å². The quantitative estimate of drug-likeness (QED) is 0.776. The minimum atomic E-state index is -0.291. The van der Waals surface area contributed by atoms with Gasteiger partial charge in [0.15, 0.2) is 0 Å². The van der Waals surface area contributed by atoms with E-state index in [4.69, 9.17) is 0 Å². The van der Waals surface area contributed by atoms with Crippen LogP contribution in [0.15, 0.2) is 35.1 Å². The topological polar surface area (TPSA) is 50.7 Å². The third-order valence-corrected chi connectivity index (χ3v) is 3.75.